The highest BCUT2D eigenvalue weighted by Gasteiger charge is 2.32. The van der Waals surface area contributed by atoms with Gasteiger partial charge in [-0.1, -0.05) is 39.3 Å². The fraction of sp³-hybridized carbons (Fsp3) is 1.00. The molecule has 0 aromatic carbocycles. The molecule has 0 rings (SSSR count). The van der Waals surface area contributed by atoms with Gasteiger partial charge in [-0.3, -0.25) is 0 Å². The highest BCUT2D eigenvalue weighted by atomic mass is 35.6. The second-order valence-corrected chi connectivity index (χ2v) is 18.0. The summed E-state index contributed by atoms with van der Waals surface area (Å²) in [5.74, 6) is 0. The molecule has 0 N–H and O–H groups in total. The predicted molar refractivity (Wildman–Crippen MR) is 62.9 cm³/mol. The minimum atomic E-state index is -1.10. The summed E-state index contributed by atoms with van der Waals surface area (Å²) in [6, 6.07) is 0. The molecule has 0 saturated carbocycles. The average Bonchev–Trinajstić information content (AvgIpc) is 1.56. The van der Waals surface area contributed by atoms with Crippen molar-refractivity contribution in [1.29, 1.82) is 0 Å². The Hall–Kier alpha value is 0.901. The summed E-state index contributed by atoms with van der Waals surface area (Å²) < 4.78 is 2.68. The van der Waals surface area contributed by atoms with E-state index in [1.165, 1.54) is 0 Å². The third-order valence-corrected chi connectivity index (χ3v) is 17.8. The largest absolute Gasteiger partial charge is 0.361 e. The van der Waals surface area contributed by atoms with Crippen molar-refractivity contribution in [2.24, 2.45) is 0 Å². The summed E-state index contributed by atoms with van der Waals surface area (Å²) in [7, 11) is -2.65. The molecule has 0 bridgehead atoms. The van der Waals surface area contributed by atoms with E-state index in [0.29, 0.717) is 0 Å². The molecule has 0 saturated heterocycles. The zero-order valence-corrected chi connectivity index (χ0v) is 12.7. The summed E-state index contributed by atoms with van der Waals surface area (Å²) >= 11 is 6.07. The molecular weight excluding hydrogens is 206 g/mol. The predicted octanol–water partition coefficient (Wildman–Crippen LogP) is 2.20. The van der Waals surface area contributed by atoms with E-state index < -0.39 is 25.5 Å². The van der Waals surface area contributed by atoms with E-state index in [4.69, 9.17) is 11.1 Å². The van der Waals surface area contributed by atoms with Crippen molar-refractivity contribution in [2.45, 2.75) is 39.3 Å². The number of hydrogen-bond donors (Lipinski definition) is 0. The van der Waals surface area contributed by atoms with Crippen molar-refractivity contribution in [3.63, 3.8) is 0 Å². The molecule has 0 aromatic rings. The quantitative estimate of drug-likeness (QED) is 0.526. The Kier molecular flexibility index (Phi) is 4.05. The Bertz CT molecular complexity index is 113. The number of nitrogens with zero attached hydrogens (tertiary/aromatic N) is 1. The van der Waals surface area contributed by atoms with Crippen molar-refractivity contribution in [3.05, 3.63) is 0 Å². The molecule has 0 amide bonds. The van der Waals surface area contributed by atoms with Crippen LogP contribution in [0, 0.1) is 0 Å². The molecule has 0 heterocycles. The van der Waals surface area contributed by atoms with E-state index in [9.17, 15) is 0 Å². The maximum absolute atomic E-state index is 6.07. The van der Waals surface area contributed by atoms with E-state index in [1.807, 2.05) is 0 Å². The lowest BCUT2D eigenvalue weighted by atomic mass is 11.8. The second-order valence-electron chi connectivity index (χ2n) is 4.89. The van der Waals surface area contributed by atoms with Gasteiger partial charge in [0.2, 0.25) is 0 Å². The fourth-order valence-corrected chi connectivity index (χ4v) is 18.7. The Labute approximate surface area is 79.9 Å². The number of rotatable bonds is 3. The van der Waals surface area contributed by atoms with Gasteiger partial charge in [-0.25, -0.2) is 0 Å². The van der Waals surface area contributed by atoms with Crippen molar-refractivity contribution >= 4 is 36.5 Å². The molecule has 0 spiro atoms. The molecule has 0 aromatic heterocycles. The van der Waals surface area contributed by atoms with Gasteiger partial charge in [0.05, 0.1) is 0 Å². The van der Waals surface area contributed by atoms with Crippen molar-refractivity contribution in [2.75, 3.05) is 0 Å². The van der Waals surface area contributed by atoms with E-state index in [0.717, 1.165) is 0 Å². The van der Waals surface area contributed by atoms with Crippen molar-refractivity contribution in [3.8, 4) is 0 Å². The molecular formula is C6H20ClNSi3. The lowest BCUT2D eigenvalue weighted by Crippen LogP contribution is -2.59. The van der Waals surface area contributed by atoms with Crippen LogP contribution in [0.1, 0.15) is 0 Å². The highest BCUT2D eigenvalue weighted by molar-refractivity contribution is 7.07. The summed E-state index contributed by atoms with van der Waals surface area (Å²) in [6.45, 7) is 14.3. The molecule has 0 aliphatic rings. The number of hydrogen-bond acceptors (Lipinski definition) is 1. The van der Waals surface area contributed by atoms with Crippen LogP contribution in [0.2, 0.25) is 39.3 Å². The van der Waals surface area contributed by atoms with Crippen LogP contribution < -0.4 is 0 Å². The zero-order chi connectivity index (χ0) is 9.28. The Morgan fingerprint density at radius 2 is 1.18 bits per heavy atom. The topological polar surface area (TPSA) is 3.24 Å². The molecule has 0 aliphatic heterocycles. The molecule has 68 valence electrons. The van der Waals surface area contributed by atoms with Crippen LogP contribution in [0.15, 0.2) is 0 Å². The second kappa shape index (κ2) is 3.74. The third-order valence-electron chi connectivity index (χ3n) is 1.74. The van der Waals surface area contributed by atoms with E-state index in [2.05, 4.69) is 43.2 Å². The van der Waals surface area contributed by atoms with Gasteiger partial charge >= 0.3 is 0 Å². The fourth-order valence-electron chi connectivity index (χ4n) is 1.36. The standard InChI is InChI=1S/C6H20ClNSi3/c1-10(2,3)8(9-7)11(4,5)6/h9H2,1-6H3. The third kappa shape index (κ3) is 3.89. The minimum absolute atomic E-state index is 0.451. The van der Waals surface area contributed by atoms with Gasteiger partial charge in [-0.05, 0) is 0 Å². The van der Waals surface area contributed by atoms with Gasteiger partial charge in [0.1, 0.15) is 16.5 Å². The lowest BCUT2D eigenvalue weighted by molar-refractivity contribution is 0.967. The van der Waals surface area contributed by atoms with E-state index in [1.54, 1.807) is 0 Å². The summed E-state index contributed by atoms with van der Waals surface area (Å²) in [6.07, 6.45) is 0. The van der Waals surface area contributed by atoms with Gasteiger partial charge in [0.15, 0.2) is 8.99 Å². The van der Waals surface area contributed by atoms with Gasteiger partial charge in [0.25, 0.3) is 0 Å². The SMILES string of the molecule is C[Si](C)(C)N([SiH2]Cl)[Si](C)(C)C. The summed E-state index contributed by atoms with van der Waals surface area (Å²) in [4.78, 5) is 0. The first kappa shape index (κ1) is 11.9. The van der Waals surface area contributed by atoms with Crippen LogP contribution >= 0.6 is 11.1 Å². The first-order valence-electron chi connectivity index (χ1n) is 4.03. The molecule has 0 radical (unpaired) electrons. The van der Waals surface area contributed by atoms with Gasteiger partial charge in [-0.15, -0.1) is 0 Å². The molecule has 0 unspecified atom stereocenters. The van der Waals surface area contributed by atoms with Gasteiger partial charge < -0.3 is 3.90 Å². The Morgan fingerprint density at radius 1 is 0.909 bits per heavy atom. The molecule has 11 heavy (non-hydrogen) atoms. The molecule has 0 fully saturated rings. The van der Waals surface area contributed by atoms with Gasteiger partial charge in [-0.2, -0.15) is 11.1 Å². The number of halogens is 1. The van der Waals surface area contributed by atoms with E-state index in [-0.39, 0.29) is 0 Å². The van der Waals surface area contributed by atoms with Crippen molar-refractivity contribution in [1.82, 2.24) is 3.90 Å². The monoisotopic (exact) mass is 225 g/mol. The van der Waals surface area contributed by atoms with E-state index >= 15 is 0 Å². The first-order valence-corrected chi connectivity index (χ1v) is 13.7. The van der Waals surface area contributed by atoms with Crippen LogP contribution in [0.4, 0.5) is 0 Å². The normalized spacial score (nSPS) is 15.3. The van der Waals surface area contributed by atoms with Crippen LogP contribution in [-0.2, 0) is 0 Å². The maximum Gasteiger partial charge on any atom is 0.185 e. The summed E-state index contributed by atoms with van der Waals surface area (Å²) in [5.41, 5.74) is 0. The van der Waals surface area contributed by atoms with Crippen molar-refractivity contribution < 1.29 is 0 Å². The average molecular weight is 226 g/mol. The van der Waals surface area contributed by atoms with Gasteiger partial charge in [0, 0.05) is 0 Å². The Morgan fingerprint density at radius 3 is 1.18 bits per heavy atom. The van der Waals surface area contributed by atoms with Crippen LogP contribution in [-0.4, -0.2) is 29.4 Å². The molecule has 1 nitrogen and oxygen atoms in total. The highest BCUT2D eigenvalue weighted by Crippen LogP contribution is 2.18. The summed E-state index contributed by atoms with van der Waals surface area (Å²) in [5, 5.41) is 0. The zero-order valence-electron chi connectivity index (χ0n) is 8.53. The minimum Gasteiger partial charge on any atom is -0.361 e. The first-order chi connectivity index (χ1) is 4.69. The maximum atomic E-state index is 6.07. The smallest absolute Gasteiger partial charge is 0.185 e. The van der Waals surface area contributed by atoms with Crippen LogP contribution in [0.3, 0.4) is 0 Å². The molecule has 5 heteroatoms. The Balaban J connectivity index is 4.43. The van der Waals surface area contributed by atoms with Crippen LogP contribution in [0.5, 0.6) is 0 Å². The molecule has 0 aliphatic carbocycles. The lowest BCUT2D eigenvalue weighted by Gasteiger charge is -2.42. The molecule has 0 atom stereocenters. The van der Waals surface area contributed by atoms with Crippen LogP contribution in [0.25, 0.3) is 0 Å².